The first kappa shape index (κ1) is 12.1. The number of aldehydes is 1. The van der Waals surface area contributed by atoms with Crippen LogP contribution in [-0.4, -0.2) is 35.8 Å². The Morgan fingerprint density at radius 1 is 1.53 bits per heavy atom. The number of carbonyl (C=O) groups excluding carboxylic acids is 2. The van der Waals surface area contributed by atoms with Crippen LogP contribution in [0.3, 0.4) is 0 Å². The Morgan fingerprint density at radius 2 is 2.18 bits per heavy atom. The van der Waals surface area contributed by atoms with Crippen LogP contribution < -0.4 is 0 Å². The van der Waals surface area contributed by atoms with Gasteiger partial charge in [0.25, 0.3) is 0 Å². The molecule has 3 unspecified atom stereocenters. The summed E-state index contributed by atoms with van der Waals surface area (Å²) in [6.07, 6.45) is 1.94. The first-order valence-electron chi connectivity index (χ1n) is 6.04. The van der Waals surface area contributed by atoms with Crippen molar-refractivity contribution < 1.29 is 14.7 Å². The zero-order valence-corrected chi connectivity index (χ0v) is 10.6. The van der Waals surface area contributed by atoms with Crippen LogP contribution in [0.15, 0.2) is 11.3 Å². The SMILES string of the molecule is CC1C(O)=C(C=O)CC2(C)C(=O)N(C)CCC12. The minimum Gasteiger partial charge on any atom is -0.512 e. The highest BCUT2D eigenvalue weighted by Crippen LogP contribution is 2.50. The smallest absolute Gasteiger partial charge is 0.228 e. The molecule has 3 atom stereocenters. The molecule has 2 rings (SSSR count). The monoisotopic (exact) mass is 237 g/mol. The van der Waals surface area contributed by atoms with E-state index < -0.39 is 5.41 Å². The van der Waals surface area contributed by atoms with E-state index in [4.69, 9.17) is 0 Å². The molecular formula is C13H19NO3. The second-order valence-electron chi connectivity index (χ2n) is 5.53. The number of nitrogens with zero attached hydrogens (tertiary/aromatic N) is 1. The van der Waals surface area contributed by atoms with E-state index in [0.717, 1.165) is 13.0 Å². The van der Waals surface area contributed by atoms with Crippen molar-refractivity contribution in [2.24, 2.45) is 17.3 Å². The van der Waals surface area contributed by atoms with Gasteiger partial charge in [0.1, 0.15) is 12.0 Å². The maximum Gasteiger partial charge on any atom is 0.228 e. The van der Waals surface area contributed by atoms with Crippen LogP contribution in [0.1, 0.15) is 26.7 Å². The fraction of sp³-hybridized carbons (Fsp3) is 0.692. The molecule has 1 fully saturated rings. The quantitative estimate of drug-likeness (QED) is 0.703. The molecule has 0 saturated carbocycles. The van der Waals surface area contributed by atoms with Gasteiger partial charge in [0.05, 0.1) is 5.41 Å². The number of allylic oxidation sites excluding steroid dienone is 2. The van der Waals surface area contributed by atoms with E-state index in [1.807, 2.05) is 13.8 Å². The number of hydrogen-bond acceptors (Lipinski definition) is 3. The first-order valence-corrected chi connectivity index (χ1v) is 6.04. The highest BCUT2D eigenvalue weighted by Gasteiger charge is 2.52. The lowest BCUT2D eigenvalue weighted by molar-refractivity contribution is -0.151. The van der Waals surface area contributed by atoms with E-state index in [1.54, 1.807) is 11.9 Å². The fourth-order valence-electron chi connectivity index (χ4n) is 3.43. The van der Waals surface area contributed by atoms with Crippen molar-refractivity contribution in [3.05, 3.63) is 11.3 Å². The average Bonchev–Trinajstić information content (AvgIpc) is 2.31. The molecule has 0 bridgehead atoms. The summed E-state index contributed by atoms with van der Waals surface area (Å²) < 4.78 is 0. The Balaban J connectivity index is 2.45. The van der Waals surface area contributed by atoms with Crippen LogP contribution >= 0.6 is 0 Å². The van der Waals surface area contributed by atoms with Crippen molar-refractivity contribution in [1.29, 1.82) is 0 Å². The highest BCUT2D eigenvalue weighted by atomic mass is 16.3. The zero-order valence-electron chi connectivity index (χ0n) is 10.6. The van der Waals surface area contributed by atoms with Gasteiger partial charge in [-0.25, -0.2) is 0 Å². The molecule has 1 N–H and O–H groups in total. The number of piperidine rings is 1. The zero-order chi connectivity index (χ0) is 12.8. The lowest BCUT2D eigenvalue weighted by Crippen LogP contribution is -2.54. The van der Waals surface area contributed by atoms with Crippen LogP contribution in [0.5, 0.6) is 0 Å². The van der Waals surface area contributed by atoms with Gasteiger partial charge in [-0.15, -0.1) is 0 Å². The molecule has 1 aliphatic heterocycles. The molecule has 94 valence electrons. The third kappa shape index (κ3) is 1.58. The van der Waals surface area contributed by atoms with Crippen molar-refractivity contribution in [2.75, 3.05) is 13.6 Å². The molecule has 1 saturated heterocycles. The van der Waals surface area contributed by atoms with Crippen LogP contribution in [0.4, 0.5) is 0 Å². The molecule has 1 aliphatic carbocycles. The topological polar surface area (TPSA) is 57.6 Å². The van der Waals surface area contributed by atoms with Gasteiger partial charge in [0.15, 0.2) is 0 Å². The van der Waals surface area contributed by atoms with Crippen LogP contribution in [0, 0.1) is 17.3 Å². The van der Waals surface area contributed by atoms with Crippen molar-refractivity contribution in [3.8, 4) is 0 Å². The summed E-state index contributed by atoms with van der Waals surface area (Å²) in [6.45, 7) is 4.55. The van der Waals surface area contributed by atoms with Crippen LogP contribution in [-0.2, 0) is 9.59 Å². The van der Waals surface area contributed by atoms with Gasteiger partial charge in [-0.05, 0) is 18.8 Å². The Kier molecular flexibility index (Phi) is 2.76. The van der Waals surface area contributed by atoms with Crippen molar-refractivity contribution in [2.45, 2.75) is 26.7 Å². The van der Waals surface area contributed by atoms with Gasteiger partial charge < -0.3 is 10.0 Å². The van der Waals surface area contributed by atoms with Gasteiger partial charge in [0, 0.05) is 25.1 Å². The molecule has 0 aromatic rings. The summed E-state index contributed by atoms with van der Waals surface area (Å²) in [4.78, 5) is 25.0. The van der Waals surface area contributed by atoms with E-state index >= 15 is 0 Å². The molecular weight excluding hydrogens is 218 g/mol. The fourth-order valence-corrected chi connectivity index (χ4v) is 3.43. The molecule has 2 aliphatic rings. The maximum atomic E-state index is 12.3. The van der Waals surface area contributed by atoms with Gasteiger partial charge >= 0.3 is 0 Å². The van der Waals surface area contributed by atoms with Crippen LogP contribution in [0.2, 0.25) is 0 Å². The van der Waals surface area contributed by atoms with Crippen molar-refractivity contribution in [3.63, 3.8) is 0 Å². The summed E-state index contributed by atoms with van der Waals surface area (Å²) in [5.74, 6) is 0.300. The predicted molar refractivity (Wildman–Crippen MR) is 63.4 cm³/mol. The molecule has 1 amide bonds. The largest absolute Gasteiger partial charge is 0.512 e. The number of aliphatic hydroxyl groups excluding tert-OH is 1. The highest BCUT2D eigenvalue weighted by molar-refractivity contribution is 5.86. The van der Waals surface area contributed by atoms with Gasteiger partial charge in [-0.3, -0.25) is 9.59 Å². The normalized spacial score (nSPS) is 38.1. The summed E-state index contributed by atoms with van der Waals surface area (Å²) in [6, 6.07) is 0. The summed E-state index contributed by atoms with van der Waals surface area (Å²) in [5.41, 5.74) is -0.144. The number of amides is 1. The summed E-state index contributed by atoms with van der Waals surface area (Å²) in [7, 11) is 1.80. The number of rotatable bonds is 1. The van der Waals surface area contributed by atoms with E-state index in [-0.39, 0.29) is 23.5 Å². The van der Waals surface area contributed by atoms with E-state index in [2.05, 4.69) is 0 Å². The summed E-state index contributed by atoms with van der Waals surface area (Å²) >= 11 is 0. The molecule has 4 heteroatoms. The Labute approximate surface area is 101 Å². The molecule has 4 nitrogen and oxygen atoms in total. The lowest BCUT2D eigenvalue weighted by Gasteiger charge is -2.49. The van der Waals surface area contributed by atoms with Gasteiger partial charge in [-0.1, -0.05) is 13.8 Å². The number of hydrogen-bond donors (Lipinski definition) is 1. The average molecular weight is 237 g/mol. The minimum atomic E-state index is -0.533. The molecule has 1 heterocycles. The lowest BCUT2D eigenvalue weighted by atomic mass is 9.60. The molecule has 0 radical (unpaired) electrons. The number of aliphatic hydroxyl groups is 1. The third-order valence-corrected chi connectivity index (χ3v) is 4.49. The second-order valence-corrected chi connectivity index (χ2v) is 5.53. The minimum absolute atomic E-state index is 0.0902. The predicted octanol–water partition coefficient (Wildman–Crippen LogP) is 1.52. The number of likely N-dealkylation sites (tertiary alicyclic amines) is 1. The second kappa shape index (κ2) is 3.86. The molecule has 0 spiro atoms. The van der Waals surface area contributed by atoms with Gasteiger partial charge in [-0.2, -0.15) is 0 Å². The Hall–Kier alpha value is -1.32. The number of carbonyl (C=O) groups is 2. The third-order valence-electron chi connectivity index (χ3n) is 4.49. The van der Waals surface area contributed by atoms with E-state index in [0.29, 0.717) is 18.3 Å². The molecule has 17 heavy (non-hydrogen) atoms. The van der Waals surface area contributed by atoms with Crippen molar-refractivity contribution >= 4 is 12.2 Å². The van der Waals surface area contributed by atoms with Gasteiger partial charge in [0.2, 0.25) is 5.91 Å². The summed E-state index contributed by atoms with van der Waals surface area (Å²) in [5, 5.41) is 9.97. The standard InChI is InChI=1S/C13H19NO3/c1-8-10-4-5-14(3)12(17)13(10,2)6-9(7-15)11(8)16/h7-8,10,16H,4-6H2,1-3H3. The van der Waals surface area contributed by atoms with E-state index in [1.165, 1.54) is 0 Å². The Morgan fingerprint density at radius 3 is 2.76 bits per heavy atom. The molecule has 0 aromatic heterocycles. The van der Waals surface area contributed by atoms with E-state index in [9.17, 15) is 14.7 Å². The first-order chi connectivity index (χ1) is 7.91. The van der Waals surface area contributed by atoms with Crippen LogP contribution in [0.25, 0.3) is 0 Å². The van der Waals surface area contributed by atoms with Crippen molar-refractivity contribution in [1.82, 2.24) is 4.90 Å². The Bertz CT molecular complexity index is 401. The molecule has 0 aromatic carbocycles. The number of fused-ring (bicyclic) bond motifs is 1. The maximum absolute atomic E-state index is 12.3.